The van der Waals surface area contributed by atoms with Crippen molar-refractivity contribution < 1.29 is 0 Å². The van der Waals surface area contributed by atoms with Gasteiger partial charge in [0.15, 0.2) is 0 Å². The van der Waals surface area contributed by atoms with Crippen molar-refractivity contribution in [2.45, 2.75) is 32.9 Å². The lowest BCUT2D eigenvalue weighted by Crippen LogP contribution is -1.98. The summed E-state index contributed by atoms with van der Waals surface area (Å²) in [7, 11) is 0. The predicted octanol–water partition coefficient (Wildman–Crippen LogP) is 3.86. The molecule has 0 aliphatic carbocycles. The van der Waals surface area contributed by atoms with E-state index < -0.39 is 0 Å². The van der Waals surface area contributed by atoms with Gasteiger partial charge in [0.25, 0.3) is 0 Å². The maximum absolute atomic E-state index is 5.87. The molecule has 0 heterocycles. The van der Waals surface area contributed by atoms with Crippen LogP contribution in [0.4, 0.5) is 5.69 Å². The van der Waals surface area contributed by atoms with Gasteiger partial charge in [-0.1, -0.05) is 32.4 Å². The van der Waals surface area contributed by atoms with Crippen LogP contribution in [0.1, 0.15) is 31.4 Å². The molecule has 2 N–H and O–H groups in total. The lowest BCUT2D eigenvalue weighted by Gasteiger charge is -2.10. The van der Waals surface area contributed by atoms with Gasteiger partial charge >= 0.3 is 0 Å². The highest BCUT2D eigenvalue weighted by Crippen LogP contribution is 2.22. The zero-order chi connectivity index (χ0) is 11.3. The van der Waals surface area contributed by atoms with E-state index in [0.29, 0.717) is 0 Å². The molecule has 0 aliphatic rings. The Balaban J connectivity index is 2.47. The third kappa shape index (κ3) is 3.78. The van der Waals surface area contributed by atoms with Gasteiger partial charge in [-0.15, -0.1) is 0 Å². The topological polar surface area (TPSA) is 26.0 Å². The van der Waals surface area contributed by atoms with Crippen molar-refractivity contribution in [1.29, 1.82) is 0 Å². The molecule has 2 heteroatoms. The van der Waals surface area contributed by atoms with Crippen molar-refractivity contribution in [2.75, 3.05) is 11.5 Å². The van der Waals surface area contributed by atoms with E-state index in [9.17, 15) is 0 Å². The molecular weight excluding hydrogens is 202 g/mol. The third-order valence-corrected chi connectivity index (χ3v) is 4.16. The lowest BCUT2D eigenvalue weighted by atomic mass is 10.1. The SMILES string of the molecule is CCC(C)CSCc1cccc(N)c1C. The van der Waals surface area contributed by atoms with E-state index >= 15 is 0 Å². The van der Waals surface area contributed by atoms with Gasteiger partial charge in [-0.25, -0.2) is 0 Å². The predicted molar refractivity (Wildman–Crippen MR) is 71.2 cm³/mol. The minimum absolute atomic E-state index is 0.816. The molecule has 1 rings (SSSR count). The number of nitrogens with two attached hydrogens (primary N) is 1. The molecule has 1 aromatic rings. The number of rotatable bonds is 5. The molecule has 1 aromatic carbocycles. The van der Waals surface area contributed by atoms with Crippen LogP contribution in [0, 0.1) is 12.8 Å². The number of thioether (sulfide) groups is 1. The van der Waals surface area contributed by atoms with Crippen molar-refractivity contribution in [3.8, 4) is 0 Å². The molecule has 0 bridgehead atoms. The van der Waals surface area contributed by atoms with Crippen molar-refractivity contribution in [3.05, 3.63) is 29.3 Å². The first-order valence-electron chi connectivity index (χ1n) is 5.56. The summed E-state index contributed by atoms with van der Waals surface area (Å²) >= 11 is 2.01. The third-order valence-electron chi connectivity index (χ3n) is 2.84. The Labute approximate surface area is 97.4 Å². The normalized spacial score (nSPS) is 12.7. The van der Waals surface area contributed by atoms with Gasteiger partial charge in [0.1, 0.15) is 0 Å². The molecule has 84 valence electrons. The average molecular weight is 223 g/mol. The molecule has 0 aromatic heterocycles. The molecule has 1 nitrogen and oxygen atoms in total. The van der Waals surface area contributed by atoms with Gasteiger partial charge < -0.3 is 5.73 Å². The molecule has 0 spiro atoms. The number of hydrogen-bond donors (Lipinski definition) is 1. The lowest BCUT2D eigenvalue weighted by molar-refractivity contribution is 0.637. The smallest absolute Gasteiger partial charge is 0.0346 e. The van der Waals surface area contributed by atoms with Crippen LogP contribution in [0.2, 0.25) is 0 Å². The monoisotopic (exact) mass is 223 g/mol. The van der Waals surface area contributed by atoms with Crippen LogP contribution < -0.4 is 5.73 Å². The van der Waals surface area contributed by atoms with Crippen LogP contribution in [-0.2, 0) is 5.75 Å². The van der Waals surface area contributed by atoms with Crippen molar-refractivity contribution in [3.63, 3.8) is 0 Å². The maximum atomic E-state index is 5.87. The van der Waals surface area contributed by atoms with Crippen LogP contribution in [0.25, 0.3) is 0 Å². The largest absolute Gasteiger partial charge is 0.399 e. The second-order valence-corrected chi connectivity index (χ2v) is 5.19. The minimum atomic E-state index is 0.816. The summed E-state index contributed by atoms with van der Waals surface area (Å²) in [5.41, 5.74) is 9.41. The standard InChI is InChI=1S/C13H21NS/c1-4-10(2)8-15-9-12-6-5-7-13(14)11(12)3/h5-7,10H,4,8-9,14H2,1-3H3. The van der Waals surface area contributed by atoms with E-state index in [1.807, 2.05) is 23.9 Å². The van der Waals surface area contributed by atoms with Crippen LogP contribution in [-0.4, -0.2) is 5.75 Å². The molecular formula is C13H21NS. The molecule has 0 amide bonds. The highest BCUT2D eigenvalue weighted by atomic mass is 32.2. The van der Waals surface area contributed by atoms with E-state index in [-0.39, 0.29) is 0 Å². The Morgan fingerprint density at radius 1 is 1.40 bits per heavy atom. The van der Waals surface area contributed by atoms with E-state index in [2.05, 4.69) is 26.8 Å². The van der Waals surface area contributed by atoms with Gasteiger partial charge in [0.05, 0.1) is 0 Å². The summed E-state index contributed by atoms with van der Waals surface area (Å²) in [6.07, 6.45) is 1.27. The van der Waals surface area contributed by atoms with E-state index in [4.69, 9.17) is 5.73 Å². The van der Waals surface area contributed by atoms with E-state index in [1.54, 1.807) is 0 Å². The molecule has 0 fully saturated rings. The Bertz CT molecular complexity index is 309. The Morgan fingerprint density at radius 2 is 2.13 bits per heavy atom. The first-order valence-corrected chi connectivity index (χ1v) is 6.72. The van der Waals surface area contributed by atoms with Crippen LogP contribution in [0.15, 0.2) is 18.2 Å². The van der Waals surface area contributed by atoms with E-state index in [1.165, 1.54) is 23.3 Å². The second kappa shape index (κ2) is 6.06. The van der Waals surface area contributed by atoms with Gasteiger partial charge in [0, 0.05) is 11.4 Å². The summed E-state index contributed by atoms with van der Waals surface area (Å²) < 4.78 is 0. The van der Waals surface area contributed by atoms with Crippen LogP contribution >= 0.6 is 11.8 Å². The fourth-order valence-corrected chi connectivity index (χ4v) is 2.64. The Hall–Kier alpha value is -0.630. The molecule has 1 unspecified atom stereocenters. The fraction of sp³-hybridized carbons (Fsp3) is 0.538. The Kier molecular flexibility index (Phi) is 5.03. The molecule has 0 radical (unpaired) electrons. The quantitative estimate of drug-likeness (QED) is 0.767. The number of nitrogen functional groups attached to an aromatic ring is 1. The van der Waals surface area contributed by atoms with Gasteiger partial charge in [-0.05, 0) is 35.8 Å². The van der Waals surface area contributed by atoms with Gasteiger partial charge in [0.2, 0.25) is 0 Å². The molecule has 0 saturated heterocycles. The molecule has 0 saturated carbocycles. The van der Waals surface area contributed by atoms with Crippen molar-refractivity contribution in [2.24, 2.45) is 5.92 Å². The Morgan fingerprint density at radius 3 is 2.80 bits per heavy atom. The van der Waals surface area contributed by atoms with Crippen LogP contribution in [0.5, 0.6) is 0 Å². The van der Waals surface area contributed by atoms with Crippen LogP contribution in [0.3, 0.4) is 0 Å². The number of benzene rings is 1. The first-order chi connectivity index (χ1) is 7.15. The number of hydrogen-bond acceptors (Lipinski definition) is 2. The van der Waals surface area contributed by atoms with Gasteiger partial charge in [-0.3, -0.25) is 0 Å². The molecule has 1 atom stereocenters. The summed E-state index contributed by atoms with van der Waals surface area (Å²) in [6.45, 7) is 6.66. The summed E-state index contributed by atoms with van der Waals surface area (Å²) in [4.78, 5) is 0. The summed E-state index contributed by atoms with van der Waals surface area (Å²) in [5, 5.41) is 0. The maximum Gasteiger partial charge on any atom is 0.0346 e. The van der Waals surface area contributed by atoms with Crippen molar-refractivity contribution >= 4 is 17.4 Å². The van der Waals surface area contributed by atoms with Gasteiger partial charge in [-0.2, -0.15) is 11.8 Å². The number of anilines is 1. The second-order valence-electron chi connectivity index (χ2n) is 4.16. The summed E-state index contributed by atoms with van der Waals surface area (Å²) in [5.74, 6) is 3.14. The van der Waals surface area contributed by atoms with E-state index in [0.717, 1.165) is 17.4 Å². The highest BCUT2D eigenvalue weighted by Gasteiger charge is 2.03. The average Bonchev–Trinajstić information content (AvgIpc) is 2.24. The summed E-state index contributed by atoms with van der Waals surface area (Å²) in [6, 6.07) is 6.19. The first kappa shape index (κ1) is 12.4. The highest BCUT2D eigenvalue weighted by molar-refractivity contribution is 7.98. The minimum Gasteiger partial charge on any atom is -0.399 e. The molecule has 0 aliphatic heterocycles. The zero-order valence-corrected chi connectivity index (χ0v) is 10.7. The molecule has 15 heavy (non-hydrogen) atoms. The fourth-order valence-electron chi connectivity index (χ4n) is 1.35. The zero-order valence-electron chi connectivity index (χ0n) is 9.92. The van der Waals surface area contributed by atoms with Crippen molar-refractivity contribution in [1.82, 2.24) is 0 Å².